The Labute approximate surface area is 160 Å². The molecule has 0 radical (unpaired) electrons. The Morgan fingerprint density at radius 3 is 2.74 bits per heavy atom. The number of hydrogen-bond acceptors (Lipinski definition) is 3. The average Bonchev–Trinajstić information content (AvgIpc) is 3.17. The molecule has 0 unspecified atom stereocenters. The molecule has 3 rings (SSSR count). The monoisotopic (exact) mass is 371 g/mol. The van der Waals surface area contributed by atoms with E-state index >= 15 is 0 Å². The first-order valence-electron chi connectivity index (χ1n) is 9.99. The highest BCUT2D eigenvalue weighted by Crippen LogP contribution is 2.26. The lowest BCUT2D eigenvalue weighted by Crippen LogP contribution is -2.44. The van der Waals surface area contributed by atoms with Crippen LogP contribution in [-0.2, 0) is 22.4 Å². The summed E-state index contributed by atoms with van der Waals surface area (Å²) in [7, 11) is 0. The van der Waals surface area contributed by atoms with Crippen LogP contribution in [0.5, 0.6) is 0 Å². The quantitative estimate of drug-likeness (QED) is 0.543. The highest BCUT2D eigenvalue weighted by atomic mass is 16.2. The Bertz CT molecular complexity index is 746. The zero-order valence-corrected chi connectivity index (χ0v) is 16.3. The van der Waals surface area contributed by atoms with E-state index in [2.05, 4.69) is 17.6 Å². The van der Waals surface area contributed by atoms with E-state index in [0.717, 1.165) is 55.5 Å². The number of carbonyl (C=O) groups is 3. The third kappa shape index (κ3) is 4.31. The van der Waals surface area contributed by atoms with Gasteiger partial charge in [-0.25, -0.2) is 4.79 Å². The summed E-state index contributed by atoms with van der Waals surface area (Å²) in [6, 6.07) is 5.43. The fourth-order valence-corrected chi connectivity index (χ4v) is 3.96. The third-order valence-electron chi connectivity index (χ3n) is 5.56. The maximum Gasteiger partial charge on any atom is 0.325 e. The molecule has 6 nitrogen and oxygen atoms in total. The van der Waals surface area contributed by atoms with Crippen LogP contribution in [0.2, 0.25) is 0 Å². The van der Waals surface area contributed by atoms with Crippen LogP contribution in [0.3, 0.4) is 0 Å². The standard InChI is InChI=1S/C21H29N3O3/c1-3-4-5-6-12-21(2)19(26)24(20(27)23-21)14-18(25)22-17-11-10-15-8-7-9-16(15)13-17/h10-11,13H,3-9,12,14H2,1-2H3,(H,22,25)(H,23,27)/t21-/m0/s1. The van der Waals surface area contributed by atoms with E-state index in [-0.39, 0.29) is 18.4 Å². The van der Waals surface area contributed by atoms with Crippen molar-refractivity contribution in [1.29, 1.82) is 0 Å². The zero-order valence-electron chi connectivity index (χ0n) is 16.3. The molecule has 1 aliphatic carbocycles. The Kier molecular flexibility index (Phi) is 5.82. The summed E-state index contributed by atoms with van der Waals surface area (Å²) >= 11 is 0. The van der Waals surface area contributed by atoms with Gasteiger partial charge in [-0.2, -0.15) is 0 Å². The first-order chi connectivity index (χ1) is 12.9. The second-order valence-electron chi connectivity index (χ2n) is 7.85. The van der Waals surface area contributed by atoms with Gasteiger partial charge in [0.25, 0.3) is 5.91 Å². The molecular weight excluding hydrogens is 342 g/mol. The molecule has 1 aliphatic heterocycles. The topological polar surface area (TPSA) is 78.5 Å². The molecule has 6 heteroatoms. The lowest BCUT2D eigenvalue weighted by Gasteiger charge is -2.21. The van der Waals surface area contributed by atoms with Crippen LogP contribution in [0.25, 0.3) is 0 Å². The molecule has 0 spiro atoms. The van der Waals surface area contributed by atoms with Crippen LogP contribution in [0.4, 0.5) is 10.5 Å². The zero-order chi connectivity index (χ0) is 19.4. The van der Waals surface area contributed by atoms with Crippen molar-refractivity contribution in [3.63, 3.8) is 0 Å². The van der Waals surface area contributed by atoms with Gasteiger partial charge in [0.15, 0.2) is 0 Å². The molecule has 1 fully saturated rings. The molecule has 0 aromatic heterocycles. The average molecular weight is 371 g/mol. The molecule has 2 N–H and O–H groups in total. The maximum absolute atomic E-state index is 12.7. The summed E-state index contributed by atoms with van der Waals surface area (Å²) in [6.45, 7) is 3.62. The number of nitrogens with zero attached hydrogens (tertiary/aromatic N) is 1. The number of amides is 4. The van der Waals surface area contributed by atoms with Gasteiger partial charge in [-0.15, -0.1) is 0 Å². The van der Waals surface area contributed by atoms with Crippen molar-refractivity contribution in [3.8, 4) is 0 Å². The number of imide groups is 1. The summed E-state index contributed by atoms with van der Waals surface area (Å²) in [5.74, 6) is -0.667. The van der Waals surface area contributed by atoms with Crippen LogP contribution >= 0.6 is 0 Å². The first kappa shape index (κ1) is 19.4. The fourth-order valence-electron chi connectivity index (χ4n) is 3.96. The van der Waals surface area contributed by atoms with Crippen LogP contribution in [0.1, 0.15) is 63.5 Å². The highest BCUT2D eigenvalue weighted by Gasteiger charge is 2.47. The normalized spacial score (nSPS) is 21.3. The smallest absolute Gasteiger partial charge is 0.325 e. The molecule has 0 bridgehead atoms. The lowest BCUT2D eigenvalue weighted by atomic mass is 9.94. The Hall–Kier alpha value is -2.37. The highest BCUT2D eigenvalue weighted by molar-refractivity contribution is 6.09. The summed E-state index contributed by atoms with van der Waals surface area (Å²) < 4.78 is 0. The van der Waals surface area contributed by atoms with Crippen molar-refractivity contribution in [2.45, 2.75) is 70.8 Å². The molecule has 1 atom stereocenters. The van der Waals surface area contributed by atoms with Crippen LogP contribution in [0.15, 0.2) is 18.2 Å². The second kappa shape index (κ2) is 8.11. The van der Waals surface area contributed by atoms with Gasteiger partial charge in [0.1, 0.15) is 12.1 Å². The maximum atomic E-state index is 12.7. The van der Waals surface area contributed by atoms with E-state index in [1.165, 1.54) is 11.1 Å². The van der Waals surface area contributed by atoms with Gasteiger partial charge in [-0.3, -0.25) is 14.5 Å². The summed E-state index contributed by atoms with van der Waals surface area (Å²) in [6.07, 6.45) is 8.01. The Balaban J connectivity index is 1.57. The first-order valence-corrected chi connectivity index (χ1v) is 9.99. The number of urea groups is 1. The van der Waals surface area contributed by atoms with Gasteiger partial charge in [0.05, 0.1) is 0 Å². The molecule has 27 heavy (non-hydrogen) atoms. The second-order valence-corrected chi connectivity index (χ2v) is 7.85. The van der Waals surface area contributed by atoms with Crippen LogP contribution < -0.4 is 10.6 Å². The molecule has 1 aromatic carbocycles. The van der Waals surface area contributed by atoms with Gasteiger partial charge >= 0.3 is 6.03 Å². The van der Waals surface area contributed by atoms with E-state index in [1.54, 1.807) is 6.92 Å². The van der Waals surface area contributed by atoms with Crippen molar-refractivity contribution in [2.75, 3.05) is 11.9 Å². The van der Waals surface area contributed by atoms with E-state index in [4.69, 9.17) is 0 Å². The van der Waals surface area contributed by atoms with Crippen molar-refractivity contribution >= 4 is 23.5 Å². The van der Waals surface area contributed by atoms with Gasteiger partial charge < -0.3 is 10.6 Å². The minimum atomic E-state index is -0.904. The van der Waals surface area contributed by atoms with E-state index in [9.17, 15) is 14.4 Å². The number of hydrogen-bond donors (Lipinski definition) is 2. The van der Waals surface area contributed by atoms with Gasteiger partial charge in [0, 0.05) is 5.69 Å². The Morgan fingerprint density at radius 2 is 1.96 bits per heavy atom. The predicted octanol–water partition coefficient (Wildman–Crippen LogP) is 3.39. The number of benzene rings is 1. The summed E-state index contributed by atoms with van der Waals surface area (Å²) in [5.41, 5.74) is 2.41. The number of carbonyl (C=O) groups excluding carboxylic acids is 3. The molecule has 0 saturated carbocycles. The van der Waals surface area contributed by atoms with E-state index < -0.39 is 11.6 Å². The van der Waals surface area contributed by atoms with Crippen LogP contribution in [0, 0.1) is 0 Å². The van der Waals surface area contributed by atoms with E-state index in [1.807, 2.05) is 18.2 Å². The van der Waals surface area contributed by atoms with Crippen molar-refractivity contribution in [2.24, 2.45) is 0 Å². The van der Waals surface area contributed by atoms with Crippen molar-refractivity contribution in [3.05, 3.63) is 29.3 Å². The minimum absolute atomic E-state index is 0.258. The number of rotatable bonds is 8. The molecular formula is C21H29N3O3. The predicted molar refractivity (Wildman–Crippen MR) is 105 cm³/mol. The number of fused-ring (bicyclic) bond motifs is 1. The molecule has 4 amide bonds. The number of aryl methyl sites for hydroxylation is 2. The number of nitrogens with one attached hydrogen (secondary N) is 2. The summed E-state index contributed by atoms with van der Waals surface area (Å²) in [4.78, 5) is 38.4. The van der Waals surface area contributed by atoms with Gasteiger partial charge in [0.2, 0.25) is 5.91 Å². The lowest BCUT2D eigenvalue weighted by molar-refractivity contribution is -0.133. The van der Waals surface area contributed by atoms with Gasteiger partial charge in [-0.05, 0) is 55.9 Å². The molecule has 1 heterocycles. The van der Waals surface area contributed by atoms with Crippen molar-refractivity contribution in [1.82, 2.24) is 10.2 Å². The molecule has 1 saturated heterocycles. The number of unbranched alkanes of at least 4 members (excludes halogenated alkanes) is 3. The van der Waals surface area contributed by atoms with Crippen LogP contribution in [-0.4, -0.2) is 34.8 Å². The Morgan fingerprint density at radius 1 is 1.19 bits per heavy atom. The van der Waals surface area contributed by atoms with Crippen molar-refractivity contribution < 1.29 is 14.4 Å². The third-order valence-corrected chi connectivity index (χ3v) is 5.56. The summed E-state index contributed by atoms with van der Waals surface area (Å²) in [5, 5.41) is 5.58. The largest absolute Gasteiger partial charge is 0.325 e. The minimum Gasteiger partial charge on any atom is -0.325 e. The molecule has 2 aliphatic rings. The SMILES string of the molecule is CCCCCC[C@]1(C)NC(=O)N(CC(=O)Nc2ccc3c(c2)CCC3)C1=O. The molecule has 1 aromatic rings. The van der Waals surface area contributed by atoms with Gasteiger partial charge in [-0.1, -0.05) is 38.7 Å². The van der Waals surface area contributed by atoms with E-state index in [0.29, 0.717) is 6.42 Å². The molecule has 146 valence electrons. The number of anilines is 1. The fraction of sp³-hybridized carbons (Fsp3) is 0.571.